The fourth-order valence-electron chi connectivity index (χ4n) is 6.49. The van der Waals surface area contributed by atoms with E-state index < -0.39 is 10.0 Å². The number of rotatable bonds is 4. The fourth-order valence-corrected chi connectivity index (χ4v) is 8.61. The molecule has 2 N–H and O–H groups in total. The normalized spacial score (nSPS) is 29.0. The molecule has 0 heterocycles. The van der Waals surface area contributed by atoms with Gasteiger partial charge in [-0.05, 0) is 92.0 Å². The second kappa shape index (κ2) is 7.40. The third-order valence-electron chi connectivity index (χ3n) is 7.28. The Bertz CT molecular complexity index is 1190. The third-order valence-corrected chi connectivity index (χ3v) is 9.43. The van der Waals surface area contributed by atoms with Crippen LogP contribution in [0.4, 0.5) is 5.69 Å². The van der Waals surface area contributed by atoms with Gasteiger partial charge in [-0.3, -0.25) is 4.72 Å². The SMILES string of the molecule is N#Cc1ccc(NS(=O)(=O)c2cc(Br)cc(C34CC5CC(CC(C5)C3)C4)c2O)c(Cl)c1. The molecule has 0 atom stereocenters. The zero-order chi connectivity index (χ0) is 22.0. The molecule has 0 spiro atoms. The molecule has 4 aliphatic rings. The number of benzene rings is 2. The Morgan fingerprint density at radius 2 is 1.71 bits per heavy atom. The van der Waals surface area contributed by atoms with Crippen molar-refractivity contribution in [2.75, 3.05) is 4.72 Å². The largest absolute Gasteiger partial charge is 0.506 e. The predicted molar refractivity (Wildman–Crippen MR) is 123 cm³/mol. The van der Waals surface area contributed by atoms with E-state index in [1.54, 1.807) is 0 Å². The lowest BCUT2D eigenvalue weighted by molar-refractivity contribution is -0.00631. The molecule has 162 valence electrons. The predicted octanol–water partition coefficient (Wildman–Crippen LogP) is 5.95. The van der Waals surface area contributed by atoms with Gasteiger partial charge in [-0.2, -0.15) is 5.26 Å². The van der Waals surface area contributed by atoms with Gasteiger partial charge >= 0.3 is 0 Å². The van der Waals surface area contributed by atoms with E-state index in [0.717, 1.165) is 24.8 Å². The average Bonchev–Trinajstić information content (AvgIpc) is 2.69. The van der Waals surface area contributed by atoms with Crippen LogP contribution in [0.1, 0.15) is 49.7 Å². The van der Waals surface area contributed by atoms with Crippen LogP contribution in [0.15, 0.2) is 39.7 Å². The highest BCUT2D eigenvalue weighted by molar-refractivity contribution is 9.10. The van der Waals surface area contributed by atoms with Gasteiger partial charge in [0.1, 0.15) is 10.6 Å². The van der Waals surface area contributed by atoms with Crippen LogP contribution >= 0.6 is 27.5 Å². The number of hydrogen-bond acceptors (Lipinski definition) is 4. The third kappa shape index (κ3) is 3.63. The van der Waals surface area contributed by atoms with Crippen molar-refractivity contribution in [2.45, 2.75) is 48.8 Å². The molecule has 0 amide bonds. The van der Waals surface area contributed by atoms with Gasteiger partial charge in [-0.1, -0.05) is 27.5 Å². The molecule has 2 aromatic carbocycles. The van der Waals surface area contributed by atoms with Gasteiger partial charge in [-0.15, -0.1) is 0 Å². The lowest BCUT2D eigenvalue weighted by Crippen LogP contribution is -2.48. The molecule has 6 rings (SSSR count). The van der Waals surface area contributed by atoms with Crippen molar-refractivity contribution in [2.24, 2.45) is 17.8 Å². The van der Waals surface area contributed by atoms with Gasteiger partial charge in [0.25, 0.3) is 10.0 Å². The van der Waals surface area contributed by atoms with Gasteiger partial charge in [-0.25, -0.2) is 8.42 Å². The summed E-state index contributed by atoms with van der Waals surface area (Å²) in [5, 5.41) is 20.3. The van der Waals surface area contributed by atoms with E-state index in [1.165, 1.54) is 43.5 Å². The molecule has 0 saturated heterocycles. The highest BCUT2D eigenvalue weighted by atomic mass is 79.9. The van der Waals surface area contributed by atoms with E-state index in [-0.39, 0.29) is 26.8 Å². The van der Waals surface area contributed by atoms with E-state index in [4.69, 9.17) is 16.9 Å². The van der Waals surface area contributed by atoms with Gasteiger partial charge in [0.05, 0.1) is 22.3 Å². The highest BCUT2D eigenvalue weighted by Crippen LogP contribution is 2.62. The Morgan fingerprint density at radius 1 is 1.10 bits per heavy atom. The molecule has 0 aliphatic heterocycles. The summed E-state index contributed by atoms with van der Waals surface area (Å²) in [6.45, 7) is 0. The Hall–Kier alpha value is -1.75. The van der Waals surface area contributed by atoms with Gasteiger partial charge in [0, 0.05) is 10.0 Å². The lowest BCUT2D eigenvalue weighted by atomic mass is 9.48. The number of phenolic OH excluding ortho intramolecular Hbond substituents is 1. The van der Waals surface area contributed by atoms with Crippen LogP contribution in [-0.2, 0) is 15.4 Å². The lowest BCUT2D eigenvalue weighted by Gasteiger charge is -2.57. The van der Waals surface area contributed by atoms with Crippen LogP contribution in [0.2, 0.25) is 5.02 Å². The molecule has 31 heavy (non-hydrogen) atoms. The van der Waals surface area contributed by atoms with Crippen molar-refractivity contribution >= 4 is 43.2 Å². The molecule has 2 aromatic rings. The summed E-state index contributed by atoms with van der Waals surface area (Å²) in [7, 11) is -4.10. The Labute approximate surface area is 195 Å². The maximum Gasteiger partial charge on any atom is 0.265 e. The molecule has 4 aliphatic carbocycles. The summed E-state index contributed by atoms with van der Waals surface area (Å²) in [5.74, 6) is 1.84. The monoisotopic (exact) mass is 520 g/mol. The van der Waals surface area contributed by atoms with Crippen LogP contribution in [0, 0.1) is 29.1 Å². The van der Waals surface area contributed by atoms with Crippen LogP contribution in [0.25, 0.3) is 0 Å². The van der Waals surface area contributed by atoms with E-state index >= 15 is 0 Å². The van der Waals surface area contributed by atoms with E-state index in [2.05, 4.69) is 20.7 Å². The van der Waals surface area contributed by atoms with Crippen molar-refractivity contribution in [3.63, 3.8) is 0 Å². The fraction of sp³-hybridized carbons (Fsp3) is 0.435. The van der Waals surface area contributed by atoms with Crippen molar-refractivity contribution < 1.29 is 13.5 Å². The summed E-state index contributed by atoms with van der Waals surface area (Å²) in [6, 6.07) is 9.64. The second-order valence-corrected chi connectivity index (χ2v) is 12.4. The number of anilines is 1. The minimum Gasteiger partial charge on any atom is -0.506 e. The molecule has 4 fully saturated rings. The van der Waals surface area contributed by atoms with Crippen molar-refractivity contribution in [3.8, 4) is 11.8 Å². The van der Waals surface area contributed by atoms with Crippen LogP contribution in [0.3, 0.4) is 0 Å². The first kappa shape index (κ1) is 21.1. The second-order valence-electron chi connectivity index (χ2n) is 9.41. The molecule has 5 nitrogen and oxygen atoms in total. The molecule has 0 aromatic heterocycles. The highest BCUT2D eigenvalue weighted by Gasteiger charge is 2.52. The first-order valence-electron chi connectivity index (χ1n) is 10.4. The smallest absolute Gasteiger partial charge is 0.265 e. The standard InChI is InChI=1S/C23H22BrClN2O3S/c24-17-7-18(23-9-14-3-15(10-23)5-16(4-14)11-23)22(28)21(8-17)31(29,30)27-20-2-1-13(12-26)6-19(20)25/h1-2,6-8,14-16,27-28H,3-5,9-11H2. The number of nitrogens with one attached hydrogen (secondary N) is 1. The molecule has 4 saturated carbocycles. The van der Waals surface area contributed by atoms with Crippen LogP contribution in [-0.4, -0.2) is 13.5 Å². The number of nitrogens with zero attached hydrogens (tertiary/aromatic N) is 1. The summed E-state index contributed by atoms with van der Waals surface area (Å²) in [5.41, 5.74) is 1.09. The van der Waals surface area contributed by atoms with E-state index in [9.17, 15) is 13.5 Å². The molecular formula is C23H22BrClN2O3S. The maximum absolute atomic E-state index is 13.2. The summed E-state index contributed by atoms with van der Waals surface area (Å²) < 4.78 is 29.6. The molecule has 8 heteroatoms. The van der Waals surface area contributed by atoms with Crippen LogP contribution in [0.5, 0.6) is 5.75 Å². The number of nitriles is 1. The maximum atomic E-state index is 13.2. The number of hydrogen-bond donors (Lipinski definition) is 2. The molecule has 0 radical (unpaired) electrons. The summed E-state index contributed by atoms with van der Waals surface area (Å²) in [4.78, 5) is -0.159. The van der Waals surface area contributed by atoms with E-state index in [0.29, 0.717) is 27.8 Å². The van der Waals surface area contributed by atoms with Crippen LogP contribution < -0.4 is 4.72 Å². The number of sulfonamides is 1. The molecule has 0 unspecified atom stereocenters. The average molecular weight is 522 g/mol. The Balaban J connectivity index is 1.55. The summed E-state index contributed by atoms with van der Waals surface area (Å²) >= 11 is 9.64. The zero-order valence-corrected chi connectivity index (χ0v) is 19.9. The Kier molecular flexibility index (Phi) is 5.04. The Morgan fingerprint density at radius 3 is 2.26 bits per heavy atom. The van der Waals surface area contributed by atoms with Gasteiger partial charge in [0.2, 0.25) is 0 Å². The number of aromatic hydroxyl groups is 1. The quantitative estimate of drug-likeness (QED) is 0.520. The first-order valence-corrected chi connectivity index (χ1v) is 13.1. The minimum absolute atomic E-state index is 0.124. The first-order chi connectivity index (χ1) is 14.7. The minimum atomic E-state index is -4.10. The van der Waals surface area contributed by atoms with E-state index in [1.807, 2.05) is 12.1 Å². The summed E-state index contributed by atoms with van der Waals surface area (Å²) in [6.07, 6.45) is 6.82. The van der Waals surface area contributed by atoms with Crippen molar-refractivity contribution in [1.82, 2.24) is 0 Å². The molecular weight excluding hydrogens is 500 g/mol. The van der Waals surface area contributed by atoms with Gasteiger partial charge in [0.15, 0.2) is 0 Å². The van der Waals surface area contributed by atoms with Crippen molar-refractivity contribution in [1.29, 1.82) is 5.26 Å². The molecule has 4 bridgehead atoms. The number of halogens is 2. The van der Waals surface area contributed by atoms with Gasteiger partial charge < -0.3 is 5.11 Å². The number of phenols is 1. The zero-order valence-electron chi connectivity index (χ0n) is 16.7. The van der Waals surface area contributed by atoms with Crippen molar-refractivity contribution in [3.05, 3.63) is 51.0 Å². The topological polar surface area (TPSA) is 90.2 Å².